The van der Waals surface area contributed by atoms with Crippen LogP contribution in [0.15, 0.2) is 48.5 Å². The third-order valence-corrected chi connectivity index (χ3v) is 8.56. The van der Waals surface area contributed by atoms with Gasteiger partial charge in [0.15, 0.2) is 17.6 Å². The van der Waals surface area contributed by atoms with E-state index in [2.05, 4.69) is 21.3 Å². The summed E-state index contributed by atoms with van der Waals surface area (Å²) in [6.45, 7) is 3.14. The Kier molecular flexibility index (Phi) is 5.94. The van der Waals surface area contributed by atoms with Crippen molar-refractivity contribution in [2.75, 3.05) is 24.5 Å². The third-order valence-electron chi connectivity index (χ3n) is 8.56. The van der Waals surface area contributed by atoms with Gasteiger partial charge in [-0.25, -0.2) is 4.79 Å². The lowest BCUT2D eigenvalue weighted by Crippen LogP contribution is -2.81. The number of imide groups is 1. The van der Waals surface area contributed by atoms with Crippen LogP contribution in [0.4, 0.5) is 10.5 Å². The molecule has 4 fully saturated rings. The number of hydrogen-bond acceptors (Lipinski definition) is 7. The summed E-state index contributed by atoms with van der Waals surface area (Å²) in [7, 11) is 0. The summed E-state index contributed by atoms with van der Waals surface area (Å²) >= 11 is 0. The predicted molar refractivity (Wildman–Crippen MR) is 147 cm³/mol. The number of aryl methyl sites for hydroxylation is 1. The van der Waals surface area contributed by atoms with Gasteiger partial charge < -0.3 is 36.4 Å². The van der Waals surface area contributed by atoms with Gasteiger partial charge in [-0.05, 0) is 43.2 Å². The molecule has 2 aromatic rings. The van der Waals surface area contributed by atoms with E-state index in [1.165, 1.54) is 9.80 Å². The molecule has 4 amide bonds. The maximum Gasteiger partial charge on any atom is 0.331 e. The Balaban J connectivity index is 1.28. The Morgan fingerprint density at radius 3 is 2.54 bits per heavy atom. The number of nitrogens with zero attached hydrogens (tertiary/aromatic N) is 3. The molecule has 2 aromatic carbocycles. The predicted octanol–water partition coefficient (Wildman–Crippen LogP) is -1.03. The Morgan fingerprint density at radius 2 is 1.80 bits per heavy atom. The molecule has 0 saturated carbocycles. The van der Waals surface area contributed by atoms with E-state index in [1.54, 1.807) is 49.4 Å². The van der Waals surface area contributed by atoms with Crippen molar-refractivity contribution in [2.24, 2.45) is 0 Å². The molecule has 0 radical (unpaired) electrons. The average Bonchev–Trinajstić information content (AvgIpc) is 3.51. The molecule has 0 bridgehead atoms. The molecule has 4 aliphatic heterocycles. The zero-order valence-corrected chi connectivity index (χ0v) is 22.4. The van der Waals surface area contributed by atoms with E-state index >= 15 is 0 Å². The summed E-state index contributed by atoms with van der Waals surface area (Å²) in [6.07, 6.45) is 0. The fraction of sp³-hybridized carbons (Fsp3) is 0.370. The fourth-order valence-corrected chi connectivity index (χ4v) is 6.29. The highest BCUT2D eigenvalue weighted by molar-refractivity contribution is 6.12. The molecule has 4 heterocycles. The summed E-state index contributed by atoms with van der Waals surface area (Å²) in [5.41, 5.74) is 0.734. The van der Waals surface area contributed by atoms with Crippen molar-refractivity contribution in [1.82, 2.24) is 31.1 Å². The van der Waals surface area contributed by atoms with E-state index < -0.39 is 47.4 Å². The van der Waals surface area contributed by atoms with Crippen LogP contribution in [0.1, 0.15) is 21.5 Å². The van der Waals surface area contributed by atoms with Gasteiger partial charge in [-0.2, -0.15) is 0 Å². The van der Waals surface area contributed by atoms with E-state index in [9.17, 15) is 24.6 Å². The molecule has 1 spiro atoms. The molecule has 6 rings (SSSR count). The van der Waals surface area contributed by atoms with Gasteiger partial charge >= 0.3 is 6.03 Å². The Bertz CT molecular complexity index is 1480. The second-order valence-corrected chi connectivity index (χ2v) is 10.8. The van der Waals surface area contributed by atoms with Crippen molar-refractivity contribution >= 4 is 35.5 Å². The minimum Gasteiger partial charge on any atom is -0.361 e. The Morgan fingerprint density at radius 1 is 1.07 bits per heavy atom. The number of urea groups is 1. The Hall–Kier alpha value is -4.69. The standard InChI is InChI=1S/C27H31N9O5/c1-14-7-6-10-17(15(14)2)22(38)31-19-12-36-24(29)30-18(21-26(36,27(19,40)41)33-23(28)32-21)11-35-20(37)13-34(25(35)39)16-8-4-3-5-9-16/h3-10,18-19,21,40-41H,11-13H2,1-2H3,(H2,29,30)(H,31,38)(H3,28,32,33)/t18?,19?,21?,26-/m1/s1. The van der Waals surface area contributed by atoms with Crippen molar-refractivity contribution in [3.05, 3.63) is 65.2 Å². The topological polar surface area (TPSA) is 197 Å². The number of aliphatic hydroxyl groups is 2. The molecule has 214 valence electrons. The van der Waals surface area contributed by atoms with Crippen molar-refractivity contribution in [3.63, 3.8) is 0 Å². The third kappa shape index (κ3) is 3.82. The smallest absolute Gasteiger partial charge is 0.331 e. The van der Waals surface area contributed by atoms with Crippen LogP contribution in [-0.2, 0) is 4.79 Å². The molecular formula is C27H31N9O5. The first-order chi connectivity index (χ1) is 19.5. The van der Waals surface area contributed by atoms with Gasteiger partial charge in [0, 0.05) is 17.8 Å². The summed E-state index contributed by atoms with van der Waals surface area (Å²) in [5, 5.41) is 51.7. The minimum atomic E-state index is -2.68. The summed E-state index contributed by atoms with van der Waals surface area (Å²) in [6, 6.07) is 10.3. The van der Waals surface area contributed by atoms with E-state index in [0.29, 0.717) is 11.3 Å². The maximum absolute atomic E-state index is 13.3. The van der Waals surface area contributed by atoms with E-state index in [4.69, 9.17) is 10.8 Å². The van der Waals surface area contributed by atoms with Crippen LogP contribution in [0.25, 0.3) is 0 Å². The summed E-state index contributed by atoms with van der Waals surface area (Å²) < 4.78 is 0. The highest BCUT2D eigenvalue weighted by atomic mass is 16.5. The van der Waals surface area contributed by atoms with Crippen molar-refractivity contribution in [1.29, 1.82) is 10.8 Å². The van der Waals surface area contributed by atoms with Gasteiger partial charge in [-0.1, -0.05) is 30.3 Å². The molecule has 0 aromatic heterocycles. The molecule has 14 nitrogen and oxygen atoms in total. The van der Waals surface area contributed by atoms with E-state index in [1.807, 2.05) is 13.0 Å². The van der Waals surface area contributed by atoms with Gasteiger partial charge in [0.25, 0.3) is 11.8 Å². The quantitative estimate of drug-likeness (QED) is 0.166. The molecule has 41 heavy (non-hydrogen) atoms. The minimum absolute atomic E-state index is 0.160. The van der Waals surface area contributed by atoms with Crippen molar-refractivity contribution in [3.8, 4) is 0 Å². The number of para-hydroxylation sites is 1. The number of carbonyl (C=O) groups is 3. The number of hydrogen-bond donors (Lipinski definition) is 8. The summed E-state index contributed by atoms with van der Waals surface area (Å²) in [5.74, 6) is -4.09. The van der Waals surface area contributed by atoms with Crippen LogP contribution in [-0.4, -0.2) is 99.0 Å². The lowest BCUT2D eigenvalue weighted by molar-refractivity contribution is -0.232. The van der Waals surface area contributed by atoms with E-state index in [0.717, 1.165) is 16.0 Å². The lowest BCUT2D eigenvalue weighted by Gasteiger charge is -2.51. The maximum atomic E-state index is 13.3. The van der Waals surface area contributed by atoms with Crippen molar-refractivity contribution in [2.45, 2.75) is 43.4 Å². The van der Waals surface area contributed by atoms with E-state index in [-0.39, 0.29) is 31.6 Å². The molecule has 0 aliphatic carbocycles. The largest absolute Gasteiger partial charge is 0.361 e. The van der Waals surface area contributed by atoms with Crippen LogP contribution in [0.5, 0.6) is 0 Å². The molecule has 4 atom stereocenters. The van der Waals surface area contributed by atoms with Crippen molar-refractivity contribution < 1.29 is 24.6 Å². The molecule has 3 unspecified atom stereocenters. The number of carbonyl (C=O) groups excluding carboxylic acids is 3. The molecule has 8 N–H and O–H groups in total. The number of rotatable bonds is 5. The number of amides is 4. The molecular weight excluding hydrogens is 530 g/mol. The van der Waals surface area contributed by atoms with Crippen LogP contribution in [0.2, 0.25) is 0 Å². The number of anilines is 1. The molecule has 14 heteroatoms. The number of benzene rings is 2. The first-order valence-electron chi connectivity index (χ1n) is 13.2. The zero-order chi connectivity index (χ0) is 29.3. The molecule has 4 saturated heterocycles. The second-order valence-electron chi connectivity index (χ2n) is 10.8. The van der Waals surface area contributed by atoms with Gasteiger partial charge in [0.1, 0.15) is 12.6 Å². The first-order valence-corrected chi connectivity index (χ1v) is 13.2. The van der Waals surface area contributed by atoms with Gasteiger partial charge in [0.2, 0.25) is 5.79 Å². The SMILES string of the molecule is Cc1cccc(C(=O)NC2CN3C(=N)NC(CN4C(=O)CN(c5ccccc5)C4=O)C4NC(=N)N[C@]43C2(O)O)c1C. The van der Waals surface area contributed by atoms with Crippen LogP contribution in [0.3, 0.4) is 0 Å². The first kappa shape index (κ1) is 26.5. The number of guanidine groups is 2. The normalized spacial score (nSPS) is 28.2. The van der Waals surface area contributed by atoms with Crippen LogP contribution >= 0.6 is 0 Å². The highest BCUT2D eigenvalue weighted by Crippen LogP contribution is 2.43. The molecule has 4 aliphatic rings. The fourth-order valence-electron chi connectivity index (χ4n) is 6.29. The number of nitrogens with one attached hydrogen (secondary N) is 6. The summed E-state index contributed by atoms with van der Waals surface area (Å²) in [4.78, 5) is 43.2. The lowest BCUT2D eigenvalue weighted by atomic mass is 9.84. The van der Waals surface area contributed by atoms with Crippen LogP contribution < -0.4 is 26.2 Å². The van der Waals surface area contributed by atoms with Crippen LogP contribution in [0, 0.1) is 24.7 Å². The second kappa shape index (κ2) is 9.17. The highest BCUT2D eigenvalue weighted by Gasteiger charge is 2.74. The van der Waals surface area contributed by atoms with Gasteiger partial charge in [-0.3, -0.25) is 30.2 Å². The average molecular weight is 562 g/mol. The monoisotopic (exact) mass is 561 g/mol. The zero-order valence-electron chi connectivity index (χ0n) is 22.4. The van der Waals surface area contributed by atoms with Gasteiger partial charge in [-0.15, -0.1) is 0 Å². The van der Waals surface area contributed by atoms with Gasteiger partial charge in [0.05, 0.1) is 18.6 Å². The Labute approximate surface area is 235 Å².